The Hall–Kier alpha value is -11.3. The minimum atomic E-state index is -0.242. The molecule has 0 fully saturated rings. The third-order valence-corrected chi connectivity index (χ3v) is 13.4. The fourth-order valence-corrected chi connectivity index (χ4v) is 9.37. The maximum absolute atomic E-state index is 12.9. The Bertz CT molecular complexity index is 4330. The van der Waals surface area contributed by atoms with Gasteiger partial charge in [-0.25, -0.2) is 29.9 Å². The molecule has 15 heteroatoms. The molecule has 0 bridgehead atoms. The number of nitrogen functional groups attached to an aromatic ring is 2. The highest BCUT2D eigenvalue weighted by Gasteiger charge is 2.22. The Morgan fingerprint density at radius 3 is 1.67 bits per heavy atom. The summed E-state index contributed by atoms with van der Waals surface area (Å²) in [4.78, 5) is 42.8. The predicted octanol–water partition coefficient (Wildman–Crippen LogP) is 11.7. The van der Waals surface area contributed by atoms with Crippen LogP contribution >= 0.6 is 0 Å². The van der Waals surface area contributed by atoms with Gasteiger partial charge in [0.05, 0.1) is 51.5 Å². The van der Waals surface area contributed by atoms with E-state index < -0.39 is 0 Å². The van der Waals surface area contributed by atoms with E-state index in [1.165, 1.54) is 0 Å². The number of hydrogen-bond acceptors (Lipinski definition) is 12. The van der Waals surface area contributed by atoms with Gasteiger partial charge in [-0.15, -0.1) is 0 Å². The predicted molar refractivity (Wildman–Crippen MR) is 304 cm³/mol. The van der Waals surface area contributed by atoms with Crippen molar-refractivity contribution < 1.29 is 4.79 Å². The number of carbonyl (C=O) groups excluding carboxylic acids is 1. The molecule has 6 heterocycles. The number of nitriles is 2. The van der Waals surface area contributed by atoms with Crippen molar-refractivity contribution in [2.45, 2.75) is 13.1 Å². The molecule has 0 saturated heterocycles. The van der Waals surface area contributed by atoms with Crippen LogP contribution in [-0.4, -0.2) is 44.9 Å². The molecule has 15 nitrogen and oxygen atoms in total. The Morgan fingerprint density at radius 2 is 1.05 bits per heavy atom. The molecular formula is C63H44N14O. The number of anilines is 3. The van der Waals surface area contributed by atoms with Crippen LogP contribution in [-0.2, 0) is 13.1 Å². The molecular weight excluding hydrogens is 969 g/mol. The zero-order valence-electron chi connectivity index (χ0n) is 41.6. The molecule has 6 N–H and O–H groups in total. The topological polar surface area (TPSA) is 228 Å². The Balaban J connectivity index is 0.860. The number of nitrogens with two attached hydrogens (primary N) is 2. The maximum Gasteiger partial charge on any atom is 0.251 e. The van der Waals surface area contributed by atoms with Gasteiger partial charge in [0.25, 0.3) is 5.91 Å². The molecule has 0 atom stereocenters. The highest BCUT2D eigenvalue weighted by Crippen LogP contribution is 2.36. The largest absolute Gasteiger partial charge is 0.383 e. The minimum Gasteiger partial charge on any atom is -0.383 e. The molecule has 0 radical (unpaired) electrons. The van der Waals surface area contributed by atoms with E-state index in [1.807, 2.05) is 167 Å². The second-order valence-electron chi connectivity index (χ2n) is 18.4. The number of nitrogens with one attached hydrogen (secondary N) is 2. The molecule has 0 saturated carbocycles. The number of hydrogen-bond donors (Lipinski definition) is 4. The summed E-state index contributed by atoms with van der Waals surface area (Å²) in [6.07, 6.45) is 1.64. The van der Waals surface area contributed by atoms with E-state index >= 15 is 0 Å². The summed E-state index contributed by atoms with van der Waals surface area (Å²) in [5.41, 5.74) is 28.1. The van der Waals surface area contributed by atoms with Gasteiger partial charge in [0, 0.05) is 58.6 Å². The standard InChI is InChI=1S/C63H44N14O/c64-35-39-14-20-44(21-15-39)63(78)70-38-41-18-24-48(25-19-41)76-59(50-13-6-32-68-57(50)66)74-56-31-29-54(73-62(56)76)46-11-5-10-45(34-46)53-27-26-51(58(67)71-53)60-75-55-30-28-52(43-8-2-1-3-9-43)72-61(55)77(60)49-22-16-40(17-23-49)37-69-47-12-4-7-42(33-47)36-65/h1-34,69H,37-38H2,(H2,66,68)(H2,67,71)(H,70,78). The van der Waals surface area contributed by atoms with Gasteiger partial charge in [-0.05, 0) is 132 Å². The minimum absolute atomic E-state index is 0.242. The molecule has 78 heavy (non-hydrogen) atoms. The zero-order chi connectivity index (χ0) is 53.1. The third kappa shape index (κ3) is 9.45. The lowest BCUT2D eigenvalue weighted by atomic mass is 10.0. The molecule has 372 valence electrons. The molecule has 1 amide bonds. The Kier molecular flexibility index (Phi) is 12.6. The van der Waals surface area contributed by atoms with Gasteiger partial charge in [-0.2, -0.15) is 10.5 Å². The molecule has 0 aliphatic rings. The molecule has 0 spiro atoms. The van der Waals surface area contributed by atoms with Gasteiger partial charge < -0.3 is 22.1 Å². The molecule has 6 aromatic heterocycles. The van der Waals surface area contributed by atoms with Crippen LogP contribution < -0.4 is 22.1 Å². The van der Waals surface area contributed by atoms with E-state index in [2.05, 4.69) is 39.9 Å². The first-order valence-electron chi connectivity index (χ1n) is 24.9. The molecule has 0 aliphatic heterocycles. The number of imidazole rings is 2. The zero-order valence-corrected chi connectivity index (χ0v) is 41.6. The third-order valence-electron chi connectivity index (χ3n) is 13.4. The summed E-state index contributed by atoms with van der Waals surface area (Å²) in [7, 11) is 0. The highest BCUT2D eigenvalue weighted by molar-refractivity contribution is 5.94. The van der Waals surface area contributed by atoms with Crippen LogP contribution in [0.4, 0.5) is 17.3 Å². The number of pyridine rings is 4. The number of aromatic nitrogens is 8. The molecule has 0 unspecified atom stereocenters. The van der Waals surface area contributed by atoms with Crippen LogP contribution in [0.25, 0.3) is 90.3 Å². The smallest absolute Gasteiger partial charge is 0.251 e. The van der Waals surface area contributed by atoms with Crippen molar-refractivity contribution in [1.82, 2.24) is 44.4 Å². The number of nitrogens with zero attached hydrogens (tertiary/aromatic N) is 10. The van der Waals surface area contributed by atoms with Crippen LogP contribution in [0.15, 0.2) is 206 Å². The van der Waals surface area contributed by atoms with Crippen LogP contribution in [0, 0.1) is 22.7 Å². The summed E-state index contributed by atoms with van der Waals surface area (Å²) < 4.78 is 3.99. The summed E-state index contributed by atoms with van der Waals surface area (Å²) >= 11 is 0. The first-order valence-corrected chi connectivity index (χ1v) is 24.9. The lowest BCUT2D eigenvalue weighted by Crippen LogP contribution is -2.22. The second kappa shape index (κ2) is 20.6. The summed E-state index contributed by atoms with van der Waals surface area (Å²) in [6, 6.07) is 67.7. The molecule has 0 aliphatic carbocycles. The fraction of sp³-hybridized carbons (Fsp3) is 0.0317. The number of benzene rings is 6. The molecule has 12 aromatic rings. The van der Waals surface area contributed by atoms with Crippen molar-refractivity contribution in [2.75, 3.05) is 16.8 Å². The molecule has 6 aromatic carbocycles. The molecule has 12 rings (SSSR count). The fourth-order valence-electron chi connectivity index (χ4n) is 9.37. The van der Waals surface area contributed by atoms with E-state index in [-0.39, 0.29) is 5.91 Å². The van der Waals surface area contributed by atoms with Crippen molar-refractivity contribution in [3.8, 4) is 80.1 Å². The lowest BCUT2D eigenvalue weighted by Gasteiger charge is -2.13. The normalized spacial score (nSPS) is 11.1. The summed E-state index contributed by atoms with van der Waals surface area (Å²) in [5, 5.41) is 24.9. The number of rotatable bonds is 13. The van der Waals surface area contributed by atoms with E-state index in [4.69, 9.17) is 41.6 Å². The number of amides is 1. The van der Waals surface area contributed by atoms with Crippen molar-refractivity contribution >= 4 is 45.6 Å². The van der Waals surface area contributed by atoms with Crippen LogP contribution in [0.5, 0.6) is 0 Å². The number of fused-ring (bicyclic) bond motifs is 2. The lowest BCUT2D eigenvalue weighted by molar-refractivity contribution is 0.0951. The van der Waals surface area contributed by atoms with Crippen molar-refractivity contribution in [2.24, 2.45) is 0 Å². The van der Waals surface area contributed by atoms with Gasteiger partial charge in [-0.3, -0.25) is 13.9 Å². The van der Waals surface area contributed by atoms with Gasteiger partial charge >= 0.3 is 0 Å². The maximum atomic E-state index is 12.9. The number of carbonyl (C=O) groups is 1. The Morgan fingerprint density at radius 1 is 0.487 bits per heavy atom. The van der Waals surface area contributed by atoms with E-state index in [1.54, 1.807) is 36.5 Å². The van der Waals surface area contributed by atoms with Crippen molar-refractivity contribution in [1.29, 1.82) is 10.5 Å². The van der Waals surface area contributed by atoms with Crippen molar-refractivity contribution in [3.05, 3.63) is 234 Å². The first kappa shape index (κ1) is 47.7. The SMILES string of the molecule is N#Cc1ccc(C(=O)NCc2ccc(-n3c(-c4cccnc4N)nc4ccc(-c5cccc(-c6ccc(-c7nc8ccc(-c9ccccc9)nc8n7-c7ccc(CNc8cccc(C#N)c8)cc7)c(N)n6)c5)nc43)cc2)cc1. The monoisotopic (exact) mass is 1010 g/mol. The Labute approximate surface area is 447 Å². The summed E-state index contributed by atoms with van der Waals surface area (Å²) in [6.45, 7) is 0.851. The van der Waals surface area contributed by atoms with Crippen LogP contribution in [0.3, 0.4) is 0 Å². The second-order valence-corrected chi connectivity index (χ2v) is 18.4. The van der Waals surface area contributed by atoms with Gasteiger partial charge in [0.2, 0.25) is 0 Å². The van der Waals surface area contributed by atoms with E-state index in [0.29, 0.717) is 97.9 Å². The van der Waals surface area contributed by atoms with Crippen LogP contribution in [0.2, 0.25) is 0 Å². The van der Waals surface area contributed by atoms with E-state index in [0.717, 1.165) is 50.6 Å². The quantitative estimate of drug-likeness (QED) is 0.0846. The van der Waals surface area contributed by atoms with Gasteiger partial charge in [-0.1, -0.05) is 78.9 Å². The van der Waals surface area contributed by atoms with E-state index in [9.17, 15) is 10.1 Å². The summed E-state index contributed by atoms with van der Waals surface area (Å²) in [5.74, 6) is 1.54. The van der Waals surface area contributed by atoms with Gasteiger partial charge in [0.1, 0.15) is 22.7 Å². The van der Waals surface area contributed by atoms with Crippen LogP contribution in [0.1, 0.15) is 32.6 Å². The average molecular weight is 1010 g/mol. The highest BCUT2D eigenvalue weighted by atomic mass is 16.1. The first-order chi connectivity index (χ1) is 38.3. The van der Waals surface area contributed by atoms with Crippen molar-refractivity contribution in [3.63, 3.8) is 0 Å². The average Bonchev–Trinajstić information content (AvgIpc) is 4.24. The van der Waals surface area contributed by atoms with Gasteiger partial charge in [0.15, 0.2) is 22.9 Å².